The quantitative estimate of drug-likeness (QED) is 0.866. The van der Waals surface area contributed by atoms with E-state index in [4.69, 9.17) is 5.73 Å². The van der Waals surface area contributed by atoms with E-state index in [1.807, 2.05) is 24.3 Å². The number of benzene rings is 2. The van der Waals surface area contributed by atoms with Crippen LogP contribution in [0.25, 0.3) is 0 Å². The molecule has 1 unspecified atom stereocenters. The third kappa shape index (κ3) is 3.74. The van der Waals surface area contributed by atoms with Crippen LogP contribution in [0.5, 0.6) is 0 Å². The number of primary amides is 1. The number of anilines is 2. The van der Waals surface area contributed by atoms with Gasteiger partial charge in [-0.2, -0.15) is 0 Å². The molecule has 26 heavy (non-hydrogen) atoms. The van der Waals surface area contributed by atoms with E-state index in [1.165, 1.54) is 5.56 Å². The van der Waals surface area contributed by atoms with Gasteiger partial charge in [-0.25, -0.2) is 0 Å². The fourth-order valence-corrected chi connectivity index (χ4v) is 3.01. The van der Waals surface area contributed by atoms with Crippen molar-refractivity contribution in [3.8, 4) is 0 Å². The molecule has 0 radical (unpaired) electrons. The number of amides is 3. The van der Waals surface area contributed by atoms with Crippen molar-refractivity contribution in [2.24, 2.45) is 11.7 Å². The average Bonchev–Trinajstić information content (AvgIpc) is 3.04. The van der Waals surface area contributed by atoms with E-state index in [9.17, 15) is 14.4 Å². The Bertz CT molecular complexity index is 828. The minimum absolute atomic E-state index is 0.0570. The Balaban J connectivity index is 1.65. The first-order valence-corrected chi connectivity index (χ1v) is 8.58. The molecule has 0 bridgehead atoms. The fraction of sp³-hybridized carbons (Fsp3) is 0.250. The Morgan fingerprint density at radius 1 is 1.12 bits per heavy atom. The second-order valence-corrected chi connectivity index (χ2v) is 6.36. The molecule has 2 aromatic rings. The van der Waals surface area contributed by atoms with Crippen LogP contribution in [0.1, 0.15) is 29.3 Å². The van der Waals surface area contributed by atoms with Crippen LogP contribution in [0.15, 0.2) is 48.5 Å². The van der Waals surface area contributed by atoms with Gasteiger partial charge in [0.25, 0.3) is 0 Å². The number of nitrogens with one attached hydrogen (secondary N) is 1. The Morgan fingerprint density at radius 3 is 2.35 bits per heavy atom. The molecular formula is C20H21N3O3. The molecule has 1 saturated heterocycles. The number of hydrogen-bond acceptors (Lipinski definition) is 3. The number of hydrogen-bond donors (Lipinski definition) is 2. The molecule has 3 rings (SSSR count). The highest BCUT2D eigenvalue weighted by Crippen LogP contribution is 2.26. The minimum Gasteiger partial charge on any atom is -0.366 e. The lowest BCUT2D eigenvalue weighted by Gasteiger charge is -2.17. The molecule has 1 aliphatic heterocycles. The fourth-order valence-electron chi connectivity index (χ4n) is 3.01. The molecule has 1 aliphatic rings. The maximum Gasteiger partial charge on any atom is 0.248 e. The first-order chi connectivity index (χ1) is 12.5. The smallest absolute Gasteiger partial charge is 0.248 e. The first-order valence-electron chi connectivity index (χ1n) is 8.58. The lowest BCUT2D eigenvalue weighted by Crippen LogP contribution is -2.28. The van der Waals surface area contributed by atoms with E-state index in [0.29, 0.717) is 17.8 Å². The molecular weight excluding hydrogens is 330 g/mol. The van der Waals surface area contributed by atoms with Gasteiger partial charge >= 0.3 is 0 Å². The van der Waals surface area contributed by atoms with Gasteiger partial charge in [-0.05, 0) is 48.4 Å². The van der Waals surface area contributed by atoms with Gasteiger partial charge in [0, 0.05) is 29.9 Å². The highest BCUT2D eigenvalue weighted by Gasteiger charge is 2.35. The highest BCUT2D eigenvalue weighted by atomic mass is 16.2. The number of rotatable bonds is 5. The highest BCUT2D eigenvalue weighted by molar-refractivity contribution is 6.03. The van der Waals surface area contributed by atoms with Crippen molar-refractivity contribution in [1.29, 1.82) is 0 Å². The van der Waals surface area contributed by atoms with Crippen LogP contribution in [-0.2, 0) is 16.0 Å². The number of nitrogens with zero attached hydrogens (tertiary/aromatic N) is 1. The standard InChI is InChI=1S/C20H21N3O3/c1-2-13-3-9-17(10-4-13)23-12-15(11-18(23)24)20(26)22-16-7-5-14(6-8-16)19(21)25/h3-10,15H,2,11-12H2,1H3,(H2,21,25)(H,22,26). The molecule has 1 heterocycles. The predicted molar refractivity (Wildman–Crippen MR) is 99.9 cm³/mol. The number of nitrogens with two attached hydrogens (primary N) is 1. The van der Waals surface area contributed by atoms with Crippen LogP contribution in [-0.4, -0.2) is 24.3 Å². The van der Waals surface area contributed by atoms with E-state index >= 15 is 0 Å². The van der Waals surface area contributed by atoms with E-state index in [0.717, 1.165) is 12.1 Å². The van der Waals surface area contributed by atoms with E-state index in [-0.39, 0.29) is 18.2 Å². The van der Waals surface area contributed by atoms with Crippen LogP contribution < -0.4 is 16.0 Å². The van der Waals surface area contributed by atoms with Gasteiger partial charge in [0.1, 0.15) is 0 Å². The van der Waals surface area contributed by atoms with Gasteiger partial charge in [-0.1, -0.05) is 19.1 Å². The average molecular weight is 351 g/mol. The maximum atomic E-state index is 12.5. The lowest BCUT2D eigenvalue weighted by atomic mass is 10.1. The zero-order valence-electron chi connectivity index (χ0n) is 14.6. The van der Waals surface area contributed by atoms with Crippen molar-refractivity contribution in [3.05, 3.63) is 59.7 Å². The number of aryl methyl sites for hydroxylation is 1. The number of carbonyl (C=O) groups excluding carboxylic acids is 3. The Hall–Kier alpha value is -3.15. The van der Waals surface area contributed by atoms with Crippen molar-refractivity contribution in [1.82, 2.24) is 0 Å². The summed E-state index contributed by atoms with van der Waals surface area (Å²) in [6.45, 7) is 2.43. The zero-order chi connectivity index (χ0) is 18.7. The minimum atomic E-state index is -0.519. The summed E-state index contributed by atoms with van der Waals surface area (Å²) in [6.07, 6.45) is 1.12. The summed E-state index contributed by atoms with van der Waals surface area (Å²) in [4.78, 5) is 37.5. The summed E-state index contributed by atoms with van der Waals surface area (Å²) in [5.74, 6) is -1.20. The van der Waals surface area contributed by atoms with Crippen molar-refractivity contribution in [2.75, 3.05) is 16.8 Å². The molecule has 134 valence electrons. The third-order valence-electron chi connectivity index (χ3n) is 4.59. The molecule has 0 saturated carbocycles. The first kappa shape index (κ1) is 17.7. The van der Waals surface area contributed by atoms with E-state index in [1.54, 1.807) is 29.2 Å². The van der Waals surface area contributed by atoms with Crippen LogP contribution in [0.3, 0.4) is 0 Å². The number of carbonyl (C=O) groups is 3. The molecule has 1 atom stereocenters. The molecule has 6 heteroatoms. The lowest BCUT2D eigenvalue weighted by molar-refractivity contribution is -0.122. The van der Waals surface area contributed by atoms with Gasteiger partial charge in [-0.15, -0.1) is 0 Å². The summed E-state index contributed by atoms with van der Waals surface area (Å²) in [7, 11) is 0. The molecule has 3 amide bonds. The van der Waals surface area contributed by atoms with Crippen molar-refractivity contribution in [2.45, 2.75) is 19.8 Å². The van der Waals surface area contributed by atoms with Crippen molar-refractivity contribution >= 4 is 29.1 Å². The van der Waals surface area contributed by atoms with Crippen molar-refractivity contribution < 1.29 is 14.4 Å². The SMILES string of the molecule is CCc1ccc(N2CC(C(=O)Nc3ccc(C(N)=O)cc3)CC2=O)cc1. The second kappa shape index (κ2) is 7.39. The largest absolute Gasteiger partial charge is 0.366 e. The van der Waals surface area contributed by atoms with Crippen molar-refractivity contribution in [3.63, 3.8) is 0 Å². The van der Waals surface area contributed by atoms with Crippen LogP contribution in [0, 0.1) is 5.92 Å². The molecule has 6 nitrogen and oxygen atoms in total. The maximum absolute atomic E-state index is 12.5. The molecule has 0 spiro atoms. The summed E-state index contributed by atoms with van der Waals surface area (Å²) in [6, 6.07) is 14.2. The second-order valence-electron chi connectivity index (χ2n) is 6.36. The normalized spacial score (nSPS) is 16.6. The van der Waals surface area contributed by atoms with Gasteiger partial charge in [0.2, 0.25) is 17.7 Å². The van der Waals surface area contributed by atoms with E-state index in [2.05, 4.69) is 12.2 Å². The Kier molecular flexibility index (Phi) is 5.02. The van der Waals surface area contributed by atoms with Gasteiger partial charge in [-0.3, -0.25) is 14.4 Å². The summed E-state index contributed by atoms with van der Waals surface area (Å²) < 4.78 is 0. The molecule has 0 aliphatic carbocycles. The monoisotopic (exact) mass is 351 g/mol. The van der Waals surface area contributed by atoms with Crippen LogP contribution in [0.2, 0.25) is 0 Å². The molecule has 0 aromatic heterocycles. The summed E-state index contributed by atoms with van der Waals surface area (Å²) in [5, 5.41) is 2.79. The van der Waals surface area contributed by atoms with Crippen LogP contribution >= 0.6 is 0 Å². The third-order valence-corrected chi connectivity index (χ3v) is 4.59. The Morgan fingerprint density at radius 2 is 1.77 bits per heavy atom. The topological polar surface area (TPSA) is 92.5 Å². The molecule has 3 N–H and O–H groups in total. The molecule has 2 aromatic carbocycles. The van der Waals surface area contributed by atoms with Gasteiger partial charge in [0.15, 0.2) is 0 Å². The summed E-state index contributed by atoms with van der Waals surface area (Å²) >= 11 is 0. The van der Waals surface area contributed by atoms with Crippen LogP contribution in [0.4, 0.5) is 11.4 Å². The summed E-state index contributed by atoms with van der Waals surface area (Å²) in [5.41, 5.74) is 8.16. The van der Waals surface area contributed by atoms with Gasteiger partial charge < -0.3 is 16.0 Å². The predicted octanol–water partition coefficient (Wildman–Crippen LogP) is 2.34. The van der Waals surface area contributed by atoms with Gasteiger partial charge in [0.05, 0.1) is 5.92 Å². The molecule has 1 fully saturated rings. The zero-order valence-corrected chi connectivity index (χ0v) is 14.6. The Labute approximate surface area is 152 Å². The van der Waals surface area contributed by atoms with E-state index < -0.39 is 11.8 Å².